The van der Waals surface area contributed by atoms with E-state index in [1.54, 1.807) is 0 Å². The van der Waals surface area contributed by atoms with E-state index in [1.165, 1.54) is 80.6 Å². The van der Waals surface area contributed by atoms with E-state index in [-0.39, 0.29) is 0 Å². The average molecular weight is 881 g/mol. The Bertz CT molecular complexity index is 1770. The third kappa shape index (κ3) is 13.2. The van der Waals surface area contributed by atoms with Crippen molar-refractivity contribution >= 4 is 27.0 Å². The molecule has 8 bridgehead atoms. The standard InChI is InChI=1S/C54H80O6Si2/c1-11-17-19-31-59-61(7,8)49-37-45-33-41-23-21-25-43(51(41)55-27-13-3)35-47-39-50(62(9,10)60-32-20-18-12-2)40-48(54(47)58-30-16-6)36-44-26-22-24-42(52(44)56-28-14-4)34-46(38-49)53(45)57-29-15-5/h21-26,37-40H,11-20,27-36H2,1-10H3. The van der Waals surface area contributed by atoms with Crippen LogP contribution in [-0.4, -0.2) is 56.3 Å². The molecule has 0 atom stereocenters. The second-order valence-corrected chi connectivity index (χ2v) is 26.1. The molecule has 4 aromatic rings. The van der Waals surface area contributed by atoms with E-state index in [0.717, 1.165) is 74.7 Å². The molecule has 5 rings (SSSR count). The molecule has 0 saturated carbocycles. The predicted octanol–water partition coefficient (Wildman–Crippen LogP) is 12.8. The highest BCUT2D eigenvalue weighted by Crippen LogP contribution is 2.39. The number of hydrogen-bond acceptors (Lipinski definition) is 6. The number of benzene rings is 4. The molecule has 0 saturated heterocycles. The maximum atomic E-state index is 6.87. The van der Waals surface area contributed by atoms with Crippen molar-refractivity contribution in [3.05, 3.63) is 105 Å². The molecule has 1 aliphatic carbocycles. The Morgan fingerprint density at radius 3 is 0.887 bits per heavy atom. The van der Waals surface area contributed by atoms with Crippen molar-refractivity contribution in [1.29, 1.82) is 0 Å². The summed E-state index contributed by atoms with van der Waals surface area (Å²) in [5, 5.41) is 2.60. The Hall–Kier alpha value is -3.57. The van der Waals surface area contributed by atoms with Gasteiger partial charge in [-0.25, -0.2) is 0 Å². The smallest absolute Gasteiger partial charge is 0.218 e. The Morgan fingerprint density at radius 2 is 0.629 bits per heavy atom. The second kappa shape index (κ2) is 24.5. The zero-order valence-corrected chi connectivity index (χ0v) is 42.4. The fourth-order valence-corrected chi connectivity index (χ4v) is 12.2. The normalized spacial score (nSPS) is 12.9. The molecule has 0 fully saturated rings. The average Bonchev–Trinajstić information content (AvgIpc) is 3.25. The summed E-state index contributed by atoms with van der Waals surface area (Å²) in [6.07, 6.45) is 13.3. The number of rotatable bonds is 24. The third-order valence-corrected chi connectivity index (χ3v) is 17.2. The first-order valence-corrected chi connectivity index (χ1v) is 30.1. The Morgan fingerprint density at radius 1 is 0.355 bits per heavy atom. The monoisotopic (exact) mass is 881 g/mol. The first kappa shape index (κ1) is 49.4. The van der Waals surface area contributed by atoms with Crippen LogP contribution in [-0.2, 0) is 34.5 Å². The Labute approximate surface area is 378 Å². The van der Waals surface area contributed by atoms with Crippen LogP contribution in [0.5, 0.6) is 23.0 Å². The molecule has 0 heterocycles. The highest BCUT2D eigenvalue weighted by molar-refractivity contribution is 6.84. The lowest BCUT2D eigenvalue weighted by Gasteiger charge is -2.28. The molecule has 1 aliphatic rings. The van der Waals surface area contributed by atoms with Crippen LogP contribution in [0.15, 0.2) is 60.7 Å². The van der Waals surface area contributed by atoms with Crippen molar-refractivity contribution in [2.75, 3.05) is 39.6 Å². The van der Waals surface area contributed by atoms with E-state index in [9.17, 15) is 0 Å². The van der Waals surface area contributed by atoms with Crippen molar-refractivity contribution in [1.82, 2.24) is 0 Å². The third-order valence-electron chi connectivity index (χ3n) is 12.0. The van der Waals surface area contributed by atoms with Crippen LogP contribution in [0, 0.1) is 0 Å². The molecule has 0 N–H and O–H groups in total. The van der Waals surface area contributed by atoms with Crippen molar-refractivity contribution in [3.63, 3.8) is 0 Å². The molecule has 0 aliphatic heterocycles. The fraction of sp³-hybridized carbons (Fsp3) is 0.556. The molecule has 0 spiro atoms. The van der Waals surface area contributed by atoms with Gasteiger partial charge in [0.15, 0.2) is 0 Å². The van der Waals surface area contributed by atoms with Gasteiger partial charge in [-0.1, -0.05) is 128 Å². The van der Waals surface area contributed by atoms with Crippen LogP contribution >= 0.6 is 0 Å². The number of unbranched alkanes of at least 4 members (excludes halogenated alkanes) is 4. The molecule has 8 heteroatoms. The van der Waals surface area contributed by atoms with E-state index in [1.807, 2.05) is 0 Å². The second-order valence-electron chi connectivity index (χ2n) is 18.3. The highest BCUT2D eigenvalue weighted by atomic mass is 28.4. The lowest BCUT2D eigenvalue weighted by molar-refractivity contribution is 0.303. The van der Waals surface area contributed by atoms with Gasteiger partial charge in [0, 0.05) is 38.9 Å². The minimum atomic E-state index is -2.31. The highest BCUT2D eigenvalue weighted by Gasteiger charge is 2.31. The predicted molar refractivity (Wildman–Crippen MR) is 265 cm³/mol. The van der Waals surface area contributed by atoms with Crippen molar-refractivity contribution in [2.24, 2.45) is 0 Å². The number of fused-ring (bicyclic) bond motifs is 8. The van der Waals surface area contributed by atoms with Crippen molar-refractivity contribution < 1.29 is 27.8 Å². The SMILES string of the molecule is CCCCCO[Si](C)(C)c1cc2c(OCCC)c(c1)Cc1cccc(c1OCCC)Cc1cc([Si](C)(C)OCCCCC)cc(c1OCCC)Cc1cccc(c1OCCC)C2. The van der Waals surface area contributed by atoms with Crippen molar-refractivity contribution in [2.45, 2.75) is 158 Å². The van der Waals surface area contributed by atoms with Crippen LogP contribution in [0.4, 0.5) is 0 Å². The topological polar surface area (TPSA) is 55.4 Å². The van der Waals surface area contributed by atoms with Gasteiger partial charge < -0.3 is 27.8 Å². The first-order valence-electron chi connectivity index (χ1n) is 24.3. The molecular formula is C54H80O6Si2. The molecule has 0 unspecified atom stereocenters. The minimum Gasteiger partial charge on any atom is -0.493 e. The maximum Gasteiger partial charge on any atom is 0.218 e. The van der Waals surface area contributed by atoms with E-state index in [0.29, 0.717) is 52.1 Å². The summed E-state index contributed by atoms with van der Waals surface area (Å²) < 4.78 is 41.2. The maximum absolute atomic E-state index is 6.87. The van der Waals surface area contributed by atoms with Gasteiger partial charge >= 0.3 is 0 Å². The molecule has 4 aromatic carbocycles. The van der Waals surface area contributed by atoms with Gasteiger partial charge in [-0.2, -0.15) is 0 Å². The minimum absolute atomic E-state index is 0.644. The summed E-state index contributed by atoms with van der Waals surface area (Å²) in [5.74, 6) is 3.91. The molecule has 0 amide bonds. The van der Waals surface area contributed by atoms with Gasteiger partial charge in [0.2, 0.25) is 16.6 Å². The molecule has 0 aromatic heterocycles. The van der Waals surface area contributed by atoms with Crippen LogP contribution < -0.4 is 29.3 Å². The summed E-state index contributed by atoms with van der Waals surface area (Å²) >= 11 is 0. The largest absolute Gasteiger partial charge is 0.493 e. The fourth-order valence-electron chi connectivity index (χ4n) is 8.47. The van der Waals surface area contributed by atoms with Crippen LogP contribution in [0.25, 0.3) is 0 Å². The van der Waals surface area contributed by atoms with E-state index < -0.39 is 16.6 Å². The van der Waals surface area contributed by atoms with E-state index in [4.69, 9.17) is 27.8 Å². The summed E-state index contributed by atoms with van der Waals surface area (Å²) in [4.78, 5) is 0. The molecule has 340 valence electrons. The molecule has 6 nitrogen and oxygen atoms in total. The molecule has 62 heavy (non-hydrogen) atoms. The Kier molecular flexibility index (Phi) is 19.5. The van der Waals surface area contributed by atoms with Gasteiger partial charge in [0.25, 0.3) is 0 Å². The van der Waals surface area contributed by atoms with E-state index in [2.05, 4.69) is 128 Å². The van der Waals surface area contributed by atoms with Gasteiger partial charge in [-0.3, -0.25) is 0 Å². The van der Waals surface area contributed by atoms with Crippen molar-refractivity contribution in [3.8, 4) is 23.0 Å². The lowest BCUT2D eigenvalue weighted by atomic mass is 9.91. The first-order chi connectivity index (χ1) is 30.0. The summed E-state index contributed by atoms with van der Waals surface area (Å²) in [6, 6.07) is 23.1. The quantitative estimate of drug-likeness (QED) is 0.0455. The summed E-state index contributed by atoms with van der Waals surface area (Å²) in [6.45, 7) is 26.8. The summed E-state index contributed by atoms with van der Waals surface area (Å²) in [7, 11) is -4.62. The number of hydrogen-bond donors (Lipinski definition) is 0. The Balaban J connectivity index is 1.82. The van der Waals surface area contributed by atoms with Crippen LogP contribution in [0.2, 0.25) is 26.2 Å². The van der Waals surface area contributed by atoms with E-state index >= 15 is 0 Å². The van der Waals surface area contributed by atoms with Gasteiger partial charge in [-0.15, -0.1) is 0 Å². The number of para-hydroxylation sites is 2. The molecular weight excluding hydrogens is 801 g/mol. The van der Waals surface area contributed by atoms with Gasteiger partial charge in [0.05, 0.1) is 26.4 Å². The summed E-state index contributed by atoms with van der Waals surface area (Å²) in [5.41, 5.74) is 9.43. The van der Waals surface area contributed by atoms with Gasteiger partial charge in [-0.05, 0) is 120 Å². The zero-order chi connectivity index (χ0) is 44.5. The zero-order valence-electron chi connectivity index (χ0n) is 40.4. The number of ether oxygens (including phenoxy) is 4. The molecule has 0 radical (unpaired) electrons. The van der Waals surface area contributed by atoms with Gasteiger partial charge in [0.1, 0.15) is 23.0 Å². The lowest BCUT2D eigenvalue weighted by Crippen LogP contribution is -2.45. The van der Waals surface area contributed by atoms with Crippen LogP contribution in [0.3, 0.4) is 0 Å². The van der Waals surface area contributed by atoms with Crippen LogP contribution in [0.1, 0.15) is 150 Å².